The van der Waals surface area contributed by atoms with Gasteiger partial charge in [0.25, 0.3) is 0 Å². The summed E-state index contributed by atoms with van der Waals surface area (Å²) in [7, 11) is 0. The highest BCUT2D eigenvalue weighted by Gasteiger charge is 2.17. The van der Waals surface area contributed by atoms with E-state index in [2.05, 4.69) is 15.9 Å². The predicted octanol–water partition coefficient (Wildman–Crippen LogP) is 1.98. The van der Waals surface area contributed by atoms with Crippen LogP contribution >= 0.6 is 15.9 Å². The third kappa shape index (κ3) is 2.68. The lowest BCUT2D eigenvalue weighted by atomic mass is 10.1. The van der Waals surface area contributed by atoms with Crippen molar-refractivity contribution in [3.05, 3.63) is 28.0 Å². The molecule has 0 radical (unpaired) electrons. The van der Waals surface area contributed by atoms with Crippen molar-refractivity contribution >= 4 is 15.9 Å². The number of aliphatic hydroxyl groups excluding tert-OH is 1. The van der Waals surface area contributed by atoms with E-state index < -0.39 is 11.9 Å². The quantitative estimate of drug-likeness (QED) is 0.885. The van der Waals surface area contributed by atoms with Crippen molar-refractivity contribution in [3.8, 4) is 5.75 Å². The lowest BCUT2D eigenvalue weighted by Crippen LogP contribution is -2.13. The van der Waals surface area contributed by atoms with Crippen molar-refractivity contribution < 1.29 is 14.2 Å². The fourth-order valence-corrected chi connectivity index (χ4v) is 1.70. The lowest BCUT2D eigenvalue weighted by molar-refractivity contribution is 0.179. The first-order valence-electron chi connectivity index (χ1n) is 4.60. The van der Waals surface area contributed by atoms with Crippen LogP contribution in [0.4, 0.5) is 4.39 Å². The first-order chi connectivity index (χ1) is 7.11. The number of halogens is 2. The molecule has 0 fully saturated rings. The molecule has 0 saturated carbocycles. The van der Waals surface area contributed by atoms with E-state index in [0.29, 0.717) is 17.9 Å². The summed E-state index contributed by atoms with van der Waals surface area (Å²) in [6.45, 7) is 2.25. The molecule has 1 atom stereocenters. The Hall–Kier alpha value is -0.650. The number of hydrogen-bond donors (Lipinski definition) is 2. The Labute approximate surface area is 96.2 Å². The zero-order valence-electron chi connectivity index (χ0n) is 8.34. The molecule has 0 aromatic heterocycles. The number of aliphatic hydroxyl groups is 1. The van der Waals surface area contributed by atoms with Gasteiger partial charge < -0.3 is 15.6 Å². The second-order valence-electron chi connectivity index (χ2n) is 2.96. The standard InChI is InChI=1S/C10H13BrFNO2/c1-2-15-10-6(8(14)5-13)3-4-7(12)9(10)11/h3-4,8,14H,2,5,13H2,1H3. The minimum Gasteiger partial charge on any atom is -0.492 e. The smallest absolute Gasteiger partial charge is 0.142 e. The molecule has 0 spiro atoms. The highest BCUT2D eigenvalue weighted by molar-refractivity contribution is 9.10. The summed E-state index contributed by atoms with van der Waals surface area (Å²) in [5.74, 6) is -0.109. The lowest BCUT2D eigenvalue weighted by Gasteiger charge is -2.15. The highest BCUT2D eigenvalue weighted by atomic mass is 79.9. The zero-order valence-corrected chi connectivity index (χ0v) is 9.92. The molecular formula is C10H13BrFNO2. The van der Waals surface area contributed by atoms with Gasteiger partial charge in [0.05, 0.1) is 17.2 Å². The maximum Gasteiger partial charge on any atom is 0.142 e. The fraction of sp³-hybridized carbons (Fsp3) is 0.400. The molecule has 0 aliphatic carbocycles. The molecule has 0 amide bonds. The Morgan fingerprint density at radius 1 is 1.60 bits per heavy atom. The number of rotatable bonds is 4. The van der Waals surface area contributed by atoms with Crippen molar-refractivity contribution in [1.82, 2.24) is 0 Å². The number of hydrogen-bond acceptors (Lipinski definition) is 3. The molecule has 1 rings (SSSR count). The molecule has 84 valence electrons. The van der Waals surface area contributed by atoms with Gasteiger partial charge in [-0.2, -0.15) is 0 Å². The van der Waals surface area contributed by atoms with E-state index in [9.17, 15) is 9.50 Å². The molecule has 0 bridgehead atoms. The largest absolute Gasteiger partial charge is 0.492 e. The predicted molar refractivity (Wildman–Crippen MR) is 59.3 cm³/mol. The first kappa shape index (κ1) is 12.4. The van der Waals surface area contributed by atoms with E-state index in [0.717, 1.165) is 0 Å². The van der Waals surface area contributed by atoms with Crippen molar-refractivity contribution in [2.75, 3.05) is 13.2 Å². The fourth-order valence-electron chi connectivity index (χ4n) is 1.23. The van der Waals surface area contributed by atoms with Gasteiger partial charge in [-0.05, 0) is 35.0 Å². The van der Waals surface area contributed by atoms with Gasteiger partial charge in [-0.3, -0.25) is 0 Å². The summed E-state index contributed by atoms with van der Waals surface area (Å²) in [6, 6.07) is 2.74. The molecule has 0 heterocycles. The van der Waals surface area contributed by atoms with Crippen LogP contribution in [0.2, 0.25) is 0 Å². The Balaban J connectivity index is 3.20. The Bertz CT molecular complexity index is 346. The van der Waals surface area contributed by atoms with Crippen LogP contribution < -0.4 is 10.5 Å². The van der Waals surface area contributed by atoms with Gasteiger partial charge in [-0.15, -0.1) is 0 Å². The van der Waals surface area contributed by atoms with Crippen LogP contribution in [-0.2, 0) is 0 Å². The van der Waals surface area contributed by atoms with Crippen LogP contribution in [0.25, 0.3) is 0 Å². The molecule has 0 saturated heterocycles. The van der Waals surface area contributed by atoms with Gasteiger partial charge in [-0.1, -0.05) is 0 Å². The average Bonchev–Trinajstić information content (AvgIpc) is 2.24. The second kappa shape index (κ2) is 5.44. The first-order valence-corrected chi connectivity index (χ1v) is 5.39. The molecule has 0 aliphatic heterocycles. The third-order valence-corrected chi connectivity index (χ3v) is 2.69. The van der Waals surface area contributed by atoms with E-state index in [1.807, 2.05) is 0 Å². The maximum atomic E-state index is 13.2. The van der Waals surface area contributed by atoms with E-state index in [1.165, 1.54) is 12.1 Å². The summed E-state index contributed by atoms with van der Waals surface area (Å²) in [5.41, 5.74) is 5.84. The molecule has 1 aromatic carbocycles. The van der Waals surface area contributed by atoms with Crippen LogP contribution in [0.15, 0.2) is 16.6 Å². The summed E-state index contributed by atoms with van der Waals surface area (Å²) in [6.07, 6.45) is -0.844. The average molecular weight is 278 g/mol. The van der Waals surface area contributed by atoms with Gasteiger partial charge in [0.15, 0.2) is 0 Å². The van der Waals surface area contributed by atoms with Gasteiger partial charge in [-0.25, -0.2) is 4.39 Å². The van der Waals surface area contributed by atoms with Crippen LogP contribution in [-0.4, -0.2) is 18.3 Å². The Kier molecular flexibility index (Phi) is 4.50. The molecule has 1 aromatic rings. The molecule has 15 heavy (non-hydrogen) atoms. The summed E-state index contributed by atoms with van der Waals surface area (Å²) in [4.78, 5) is 0. The van der Waals surface area contributed by atoms with Crippen LogP contribution in [0, 0.1) is 5.82 Å². The van der Waals surface area contributed by atoms with Crippen molar-refractivity contribution in [3.63, 3.8) is 0 Å². The third-order valence-electron chi connectivity index (χ3n) is 1.95. The SMILES string of the molecule is CCOc1c(C(O)CN)ccc(F)c1Br. The molecule has 5 heteroatoms. The van der Waals surface area contributed by atoms with Gasteiger partial charge in [0.2, 0.25) is 0 Å². The van der Waals surface area contributed by atoms with E-state index in [1.54, 1.807) is 6.92 Å². The molecular weight excluding hydrogens is 265 g/mol. The van der Waals surface area contributed by atoms with Crippen LogP contribution in [0.1, 0.15) is 18.6 Å². The van der Waals surface area contributed by atoms with Crippen molar-refractivity contribution in [2.24, 2.45) is 5.73 Å². The van der Waals surface area contributed by atoms with Crippen molar-refractivity contribution in [2.45, 2.75) is 13.0 Å². The normalized spacial score (nSPS) is 12.6. The molecule has 3 N–H and O–H groups in total. The van der Waals surface area contributed by atoms with Gasteiger partial charge >= 0.3 is 0 Å². The topological polar surface area (TPSA) is 55.5 Å². The molecule has 0 aliphatic rings. The van der Waals surface area contributed by atoms with Crippen LogP contribution in [0.3, 0.4) is 0 Å². The summed E-state index contributed by atoms with van der Waals surface area (Å²) in [5, 5.41) is 9.60. The van der Waals surface area contributed by atoms with E-state index in [-0.39, 0.29) is 11.0 Å². The monoisotopic (exact) mass is 277 g/mol. The Morgan fingerprint density at radius 2 is 2.27 bits per heavy atom. The van der Waals surface area contributed by atoms with Gasteiger partial charge in [0.1, 0.15) is 11.6 Å². The number of nitrogens with two attached hydrogens (primary N) is 1. The number of benzene rings is 1. The van der Waals surface area contributed by atoms with E-state index >= 15 is 0 Å². The molecule has 1 unspecified atom stereocenters. The van der Waals surface area contributed by atoms with Crippen molar-refractivity contribution in [1.29, 1.82) is 0 Å². The molecule has 3 nitrogen and oxygen atoms in total. The van der Waals surface area contributed by atoms with Crippen LogP contribution in [0.5, 0.6) is 5.75 Å². The maximum absolute atomic E-state index is 13.2. The summed E-state index contributed by atoms with van der Waals surface area (Å²) < 4.78 is 18.7. The minimum atomic E-state index is -0.844. The van der Waals surface area contributed by atoms with Gasteiger partial charge in [0, 0.05) is 12.1 Å². The zero-order chi connectivity index (χ0) is 11.4. The second-order valence-corrected chi connectivity index (χ2v) is 3.76. The Morgan fingerprint density at radius 3 is 2.80 bits per heavy atom. The summed E-state index contributed by atoms with van der Waals surface area (Å²) >= 11 is 3.08. The minimum absolute atomic E-state index is 0.0676. The number of ether oxygens (including phenoxy) is 1. The van der Waals surface area contributed by atoms with E-state index in [4.69, 9.17) is 10.5 Å². The highest BCUT2D eigenvalue weighted by Crippen LogP contribution is 2.34.